The molecule has 132 valence electrons. The SMILES string of the molecule is O=C1N(Cc2ccc(F)cc2)CCCC12CCN(Cc1ncc[nH]1)C2. The molecule has 0 radical (unpaired) electrons. The number of imidazole rings is 1. The maximum absolute atomic E-state index is 13.2. The van der Waals surface area contributed by atoms with Crippen LogP contribution < -0.4 is 0 Å². The van der Waals surface area contributed by atoms with E-state index < -0.39 is 0 Å². The zero-order valence-corrected chi connectivity index (χ0v) is 14.2. The molecule has 2 aliphatic rings. The second-order valence-corrected chi connectivity index (χ2v) is 7.23. The summed E-state index contributed by atoms with van der Waals surface area (Å²) in [6.45, 7) is 3.85. The molecule has 0 aliphatic carbocycles. The highest BCUT2D eigenvalue weighted by molar-refractivity contribution is 5.84. The monoisotopic (exact) mass is 342 g/mol. The largest absolute Gasteiger partial charge is 0.348 e. The van der Waals surface area contributed by atoms with E-state index in [1.54, 1.807) is 18.3 Å². The molecule has 0 bridgehead atoms. The molecule has 1 unspecified atom stereocenters. The summed E-state index contributed by atoms with van der Waals surface area (Å²) in [7, 11) is 0. The molecule has 1 atom stereocenters. The molecular formula is C19H23FN4O. The van der Waals surface area contributed by atoms with Gasteiger partial charge in [-0.15, -0.1) is 0 Å². The molecule has 25 heavy (non-hydrogen) atoms. The van der Waals surface area contributed by atoms with Gasteiger partial charge in [0, 0.05) is 32.0 Å². The van der Waals surface area contributed by atoms with E-state index in [4.69, 9.17) is 0 Å². The van der Waals surface area contributed by atoms with Crippen LogP contribution in [0.1, 0.15) is 30.7 Å². The highest BCUT2D eigenvalue weighted by Crippen LogP contribution is 2.40. The van der Waals surface area contributed by atoms with E-state index in [1.165, 1.54) is 12.1 Å². The van der Waals surface area contributed by atoms with Crippen LogP contribution in [0.5, 0.6) is 0 Å². The van der Waals surface area contributed by atoms with Crippen LogP contribution in [0.4, 0.5) is 4.39 Å². The summed E-state index contributed by atoms with van der Waals surface area (Å²) >= 11 is 0. The molecule has 2 aliphatic heterocycles. The molecule has 6 heteroatoms. The van der Waals surface area contributed by atoms with Crippen LogP contribution in [0.3, 0.4) is 0 Å². The number of amides is 1. The molecule has 0 saturated carbocycles. The average Bonchev–Trinajstić information content (AvgIpc) is 3.25. The predicted octanol–water partition coefficient (Wildman–Crippen LogP) is 2.56. The Labute approximate surface area is 146 Å². The van der Waals surface area contributed by atoms with Crippen molar-refractivity contribution >= 4 is 5.91 Å². The normalized spacial score (nSPS) is 24.4. The van der Waals surface area contributed by atoms with E-state index in [0.29, 0.717) is 6.54 Å². The lowest BCUT2D eigenvalue weighted by Gasteiger charge is -2.39. The molecule has 1 N–H and O–H groups in total. The van der Waals surface area contributed by atoms with Crippen molar-refractivity contribution in [1.82, 2.24) is 19.8 Å². The number of carbonyl (C=O) groups excluding carboxylic acids is 1. The van der Waals surface area contributed by atoms with E-state index in [0.717, 1.165) is 56.8 Å². The summed E-state index contributed by atoms with van der Waals surface area (Å²) in [5, 5.41) is 0. The maximum atomic E-state index is 13.2. The lowest BCUT2D eigenvalue weighted by molar-refractivity contribution is -0.146. The third-order valence-electron chi connectivity index (χ3n) is 5.47. The van der Waals surface area contributed by atoms with Gasteiger partial charge in [-0.1, -0.05) is 12.1 Å². The number of halogens is 1. The minimum atomic E-state index is -0.259. The number of piperidine rings is 1. The van der Waals surface area contributed by atoms with Crippen LogP contribution in [0.25, 0.3) is 0 Å². The molecule has 1 aromatic carbocycles. The fourth-order valence-electron chi connectivity index (χ4n) is 4.18. The third-order valence-corrected chi connectivity index (χ3v) is 5.47. The summed E-state index contributed by atoms with van der Waals surface area (Å²) in [4.78, 5) is 24.9. The first kappa shape index (κ1) is 16.3. The molecule has 4 rings (SSSR count). The number of nitrogens with zero attached hydrogens (tertiary/aromatic N) is 3. The van der Waals surface area contributed by atoms with Gasteiger partial charge in [-0.3, -0.25) is 9.69 Å². The summed E-state index contributed by atoms with van der Waals surface area (Å²) in [5.41, 5.74) is 0.724. The Balaban J connectivity index is 1.43. The maximum Gasteiger partial charge on any atom is 0.230 e. The number of nitrogens with one attached hydrogen (secondary N) is 1. The number of aromatic amines is 1. The molecule has 3 heterocycles. The topological polar surface area (TPSA) is 52.2 Å². The Morgan fingerprint density at radius 2 is 2.00 bits per heavy atom. The molecule has 5 nitrogen and oxygen atoms in total. The van der Waals surface area contributed by atoms with Crippen molar-refractivity contribution in [2.45, 2.75) is 32.4 Å². The molecular weight excluding hydrogens is 319 g/mol. The van der Waals surface area contributed by atoms with Gasteiger partial charge in [0.05, 0.1) is 12.0 Å². The van der Waals surface area contributed by atoms with Gasteiger partial charge in [0.25, 0.3) is 0 Å². The molecule has 2 fully saturated rings. The summed E-state index contributed by atoms with van der Waals surface area (Å²) in [6, 6.07) is 6.45. The van der Waals surface area contributed by atoms with Gasteiger partial charge in [0.2, 0.25) is 5.91 Å². The fraction of sp³-hybridized carbons (Fsp3) is 0.474. The van der Waals surface area contributed by atoms with Crippen LogP contribution in [0.15, 0.2) is 36.7 Å². The second kappa shape index (κ2) is 6.59. The quantitative estimate of drug-likeness (QED) is 0.929. The number of rotatable bonds is 4. The molecule has 1 spiro atoms. The minimum Gasteiger partial charge on any atom is -0.348 e. The van der Waals surface area contributed by atoms with Crippen molar-refractivity contribution in [3.05, 3.63) is 53.9 Å². The van der Waals surface area contributed by atoms with Crippen LogP contribution in [0, 0.1) is 11.2 Å². The van der Waals surface area contributed by atoms with Gasteiger partial charge >= 0.3 is 0 Å². The van der Waals surface area contributed by atoms with Crippen LogP contribution in [-0.4, -0.2) is 45.3 Å². The lowest BCUT2D eigenvalue weighted by atomic mass is 9.78. The van der Waals surface area contributed by atoms with Crippen LogP contribution in [0.2, 0.25) is 0 Å². The number of benzene rings is 1. The van der Waals surface area contributed by atoms with Gasteiger partial charge in [-0.05, 0) is 43.5 Å². The Kier molecular flexibility index (Phi) is 4.29. The van der Waals surface area contributed by atoms with Gasteiger partial charge < -0.3 is 9.88 Å². The fourth-order valence-corrected chi connectivity index (χ4v) is 4.18. The first-order chi connectivity index (χ1) is 12.1. The third kappa shape index (κ3) is 3.31. The van der Waals surface area contributed by atoms with Crippen molar-refractivity contribution < 1.29 is 9.18 Å². The van der Waals surface area contributed by atoms with E-state index in [9.17, 15) is 9.18 Å². The molecule has 2 aromatic rings. The predicted molar refractivity (Wildman–Crippen MR) is 92.0 cm³/mol. The second-order valence-electron chi connectivity index (χ2n) is 7.23. The number of carbonyl (C=O) groups is 1. The van der Waals surface area contributed by atoms with Gasteiger partial charge in [0.1, 0.15) is 11.6 Å². The first-order valence-electron chi connectivity index (χ1n) is 8.89. The minimum absolute atomic E-state index is 0.241. The molecule has 2 saturated heterocycles. The van der Waals surface area contributed by atoms with Crippen molar-refractivity contribution in [2.24, 2.45) is 5.41 Å². The summed E-state index contributed by atoms with van der Waals surface area (Å²) in [6.07, 6.45) is 6.49. The first-order valence-corrected chi connectivity index (χ1v) is 8.89. The van der Waals surface area contributed by atoms with E-state index in [1.807, 2.05) is 11.1 Å². The van der Waals surface area contributed by atoms with Crippen molar-refractivity contribution in [2.75, 3.05) is 19.6 Å². The zero-order valence-electron chi connectivity index (χ0n) is 14.2. The van der Waals surface area contributed by atoms with Crippen molar-refractivity contribution in [1.29, 1.82) is 0 Å². The summed E-state index contributed by atoms with van der Waals surface area (Å²) < 4.78 is 13.1. The van der Waals surface area contributed by atoms with E-state index in [-0.39, 0.29) is 17.1 Å². The zero-order chi connectivity index (χ0) is 17.3. The number of likely N-dealkylation sites (tertiary alicyclic amines) is 2. The highest BCUT2D eigenvalue weighted by atomic mass is 19.1. The number of hydrogen-bond acceptors (Lipinski definition) is 3. The Bertz CT molecular complexity index is 730. The standard InChI is InChI=1S/C19H23FN4O/c20-16-4-2-15(3-5-16)12-24-10-1-6-19(18(24)25)7-11-23(14-19)13-17-21-8-9-22-17/h2-5,8-9H,1,6-7,10-14H2,(H,21,22). The Hall–Kier alpha value is -2.21. The molecule has 1 amide bonds. The van der Waals surface area contributed by atoms with E-state index in [2.05, 4.69) is 14.9 Å². The van der Waals surface area contributed by atoms with Crippen LogP contribution in [-0.2, 0) is 17.9 Å². The van der Waals surface area contributed by atoms with Gasteiger partial charge in [-0.25, -0.2) is 9.37 Å². The Morgan fingerprint density at radius 3 is 2.76 bits per heavy atom. The summed E-state index contributed by atoms with van der Waals surface area (Å²) in [5.74, 6) is 0.961. The molecule has 1 aromatic heterocycles. The number of H-pyrrole nitrogens is 1. The number of aromatic nitrogens is 2. The van der Waals surface area contributed by atoms with Crippen molar-refractivity contribution in [3.63, 3.8) is 0 Å². The van der Waals surface area contributed by atoms with Gasteiger partial charge in [-0.2, -0.15) is 0 Å². The lowest BCUT2D eigenvalue weighted by Crippen LogP contribution is -2.49. The van der Waals surface area contributed by atoms with Crippen molar-refractivity contribution in [3.8, 4) is 0 Å². The number of hydrogen-bond donors (Lipinski definition) is 1. The van der Waals surface area contributed by atoms with Crippen LogP contribution >= 0.6 is 0 Å². The Morgan fingerprint density at radius 1 is 1.16 bits per heavy atom. The van der Waals surface area contributed by atoms with Gasteiger partial charge in [0.15, 0.2) is 0 Å². The highest BCUT2D eigenvalue weighted by Gasteiger charge is 2.48. The van der Waals surface area contributed by atoms with E-state index >= 15 is 0 Å². The average molecular weight is 342 g/mol. The smallest absolute Gasteiger partial charge is 0.230 e.